The van der Waals surface area contributed by atoms with Crippen molar-refractivity contribution >= 4 is 58.6 Å². The van der Waals surface area contributed by atoms with Gasteiger partial charge < -0.3 is 55.3 Å². The molecule has 4 atom stereocenters. The van der Waals surface area contributed by atoms with Crippen LogP contribution in [0.1, 0.15) is 106 Å². The summed E-state index contributed by atoms with van der Waals surface area (Å²) >= 11 is 0. The summed E-state index contributed by atoms with van der Waals surface area (Å²) in [7, 11) is 0. The molecular formula is C45H65N9O9. The Morgan fingerprint density at radius 3 is 1.21 bits per heavy atom. The molecule has 3 aromatic rings. The van der Waals surface area contributed by atoms with Gasteiger partial charge in [0, 0.05) is 37.4 Å². The number of benzene rings is 2. The first-order chi connectivity index (χ1) is 29.2. The third kappa shape index (κ3) is 15.4. The van der Waals surface area contributed by atoms with Crippen molar-refractivity contribution in [3.8, 4) is 0 Å². The lowest BCUT2D eigenvalue weighted by atomic mass is 9.99. The standard InChI is InChI=1S/C45H65N9O9/c1-42(2,3)60-38(56)47-29-20-30(48-39(57)61-43(4,5)6)24-53(23-29)35-36(52-34-22-28(18-19-33(34)51-35)46-37(55)27-16-14-13-15-17-27)54-25-31(49-40(58)62-44(7,8)9)21-32(26-54)50-41(59)63-45(10,11)12/h13-19,22,29-32H,20-21,23-26H2,1-12H3,(H,46,55)(H,47,56)(H,48,57)(H,49,58)(H,50,59). The number of ether oxygens (including phenoxy) is 4. The van der Waals surface area contributed by atoms with Crippen molar-refractivity contribution in [2.75, 3.05) is 41.3 Å². The summed E-state index contributed by atoms with van der Waals surface area (Å²) < 4.78 is 22.5. The number of nitrogens with zero attached hydrogens (tertiary/aromatic N) is 4. The van der Waals surface area contributed by atoms with E-state index in [1.807, 2.05) is 15.9 Å². The number of fused-ring (bicyclic) bond motifs is 1. The predicted octanol–water partition coefficient (Wildman–Crippen LogP) is 6.88. The molecule has 0 aliphatic carbocycles. The maximum absolute atomic E-state index is 13.2. The lowest BCUT2D eigenvalue weighted by Crippen LogP contribution is -2.59. The number of alkyl carbamates (subject to hydrolysis) is 4. The molecule has 5 amide bonds. The molecular weight excluding hydrogens is 811 g/mol. The van der Waals surface area contributed by atoms with Crippen molar-refractivity contribution in [3.63, 3.8) is 0 Å². The topological polar surface area (TPSA) is 215 Å². The quantitative estimate of drug-likeness (QED) is 0.146. The number of carbonyl (C=O) groups excluding carboxylic acids is 5. The van der Waals surface area contributed by atoms with Crippen molar-refractivity contribution < 1.29 is 42.9 Å². The fraction of sp³-hybridized carbons (Fsp3) is 0.578. The minimum Gasteiger partial charge on any atom is -0.444 e. The Balaban J connectivity index is 1.60. The highest BCUT2D eigenvalue weighted by atomic mass is 16.6. The molecule has 63 heavy (non-hydrogen) atoms. The molecule has 2 aliphatic rings. The smallest absolute Gasteiger partial charge is 0.407 e. The first kappa shape index (κ1) is 48.0. The first-order valence-electron chi connectivity index (χ1n) is 21.3. The summed E-state index contributed by atoms with van der Waals surface area (Å²) in [4.78, 5) is 80.1. The van der Waals surface area contributed by atoms with Gasteiger partial charge in [-0.3, -0.25) is 4.79 Å². The van der Waals surface area contributed by atoms with Crippen LogP contribution in [0.25, 0.3) is 11.0 Å². The molecule has 1 aromatic heterocycles. The molecule has 18 nitrogen and oxygen atoms in total. The van der Waals surface area contributed by atoms with Gasteiger partial charge >= 0.3 is 24.4 Å². The molecule has 3 heterocycles. The van der Waals surface area contributed by atoms with Gasteiger partial charge in [0.25, 0.3) is 5.91 Å². The molecule has 18 heteroatoms. The zero-order chi connectivity index (χ0) is 46.5. The molecule has 0 saturated carbocycles. The second-order valence-electron chi connectivity index (χ2n) is 20.0. The van der Waals surface area contributed by atoms with Crippen molar-refractivity contribution in [1.29, 1.82) is 0 Å². The van der Waals surface area contributed by atoms with E-state index in [-0.39, 0.29) is 32.1 Å². The van der Waals surface area contributed by atoms with Crippen LogP contribution < -0.4 is 36.4 Å². The highest BCUT2D eigenvalue weighted by molar-refractivity contribution is 6.05. The fourth-order valence-corrected chi connectivity index (χ4v) is 7.19. The minimum absolute atomic E-state index is 0.233. The monoisotopic (exact) mass is 875 g/mol. The molecule has 2 aromatic carbocycles. The number of hydrogen-bond donors (Lipinski definition) is 5. The molecule has 4 unspecified atom stereocenters. The molecule has 2 aliphatic heterocycles. The molecule has 5 N–H and O–H groups in total. The minimum atomic E-state index is -0.765. The van der Waals surface area contributed by atoms with Gasteiger partial charge in [0.2, 0.25) is 0 Å². The van der Waals surface area contributed by atoms with Gasteiger partial charge in [0.15, 0.2) is 11.6 Å². The summed E-state index contributed by atoms with van der Waals surface area (Å²) in [5.74, 6) is 0.488. The lowest BCUT2D eigenvalue weighted by Gasteiger charge is -2.43. The molecule has 0 spiro atoms. The zero-order valence-corrected chi connectivity index (χ0v) is 38.6. The van der Waals surface area contributed by atoms with Gasteiger partial charge in [-0.05, 0) is 126 Å². The van der Waals surface area contributed by atoms with Crippen LogP contribution in [0.15, 0.2) is 48.5 Å². The van der Waals surface area contributed by atoms with Gasteiger partial charge in [-0.1, -0.05) is 18.2 Å². The van der Waals surface area contributed by atoms with Crippen LogP contribution in [0, 0.1) is 0 Å². The fourth-order valence-electron chi connectivity index (χ4n) is 7.19. The van der Waals surface area contributed by atoms with Crippen molar-refractivity contribution in [2.24, 2.45) is 0 Å². The summed E-state index contributed by atoms with van der Waals surface area (Å²) in [6.45, 7) is 22.2. The Morgan fingerprint density at radius 1 is 0.508 bits per heavy atom. The van der Waals surface area contributed by atoms with Crippen molar-refractivity contribution in [1.82, 2.24) is 31.2 Å². The van der Waals surface area contributed by atoms with Crippen molar-refractivity contribution in [2.45, 2.75) is 142 Å². The van der Waals surface area contributed by atoms with E-state index in [1.165, 1.54) is 0 Å². The summed E-state index contributed by atoms with van der Waals surface area (Å²) in [5, 5.41) is 14.9. The Morgan fingerprint density at radius 2 is 0.857 bits per heavy atom. The summed E-state index contributed by atoms with van der Waals surface area (Å²) in [5.41, 5.74) is -1.14. The zero-order valence-electron chi connectivity index (χ0n) is 38.6. The van der Waals surface area contributed by atoms with Gasteiger partial charge in [-0.2, -0.15) is 0 Å². The third-order valence-corrected chi connectivity index (χ3v) is 9.31. The Bertz CT molecular complexity index is 2050. The molecule has 0 bridgehead atoms. The molecule has 2 fully saturated rings. The normalized spacial score (nSPS) is 19.6. The maximum Gasteiger partial charge on any atom is 0.407 e. The van der Waals surface area contributed by atoms with Crippen LogP contribution in [-0.2, 0) is 18.9 Å². The van der Waals surface area contributed by atoms with E-state index in [0.29, 0.717) is 46.8 Å². The molecule has 2 saturated heterocycles. The van der Waals surface area contributed by atoms with Gasteiger partial charge in [0.1, 0.15) is 22.4 Å². The van der Waals surface area contributed by atoms with Crippen LogP contribution in [0.3, 0.4) is 0 Å². The largest absolute Gasteiger partial charge is 0.444 e. The number of nitrogens with one attached hydrogen (secondary N) is 5. The lowest BCUT2D eigenvalue weighted by molar-refractivity contribution is 0.0451. The number of rotatable bonds is 8. The number of carbonyl (C=O) groups is 5. The molecule has 0 radical (unpaired) electrons. The summed E-state index contributed by atoms with van der Waals surface area (Å²) in [6, 6.07) is 11.9. The van der Waals surface area contributed by atoms with Crippen LogP contribution in [0.2, 0.25) is 0 Å². The Kier molecular flexibility index (Phi) is 14.6. The maximum atomic E-state index is 13.2. The van der Waals surface area contributed by atoms with Crippen LogP contribution in [0.4, 0.5) is 36.5 Å². The Hall–Kier alpha value is -6.07. The van der Waals surface area contributed by atoms with Crippen LogP contribution in [0.5, 0.6) is 0 Å². The molecule has 5 rings (SSSR count). The SMILES string of the molecule is CC(C)(C)OC(=O)NC1CC(NC(=O)OC(C)(C)C)CN(c2nc3ccc(NC(=O)c4ccccc4)cc3nc2N2CC(NC(=O)OC(C)(C)C)CC(NC(=O)OC(C)(C)C)C2)C1. The van der Waals surface area contributed by atoms with Gasteiger partial charge in [-0.15, -0.1) is 0 Å². The number of hydrogen-bond acceptors (Lipinski definition) is 13. The second kappa shape index (κ2) is 19.1. The highest BCUT2D eigenvalue weighted by Crippen LogP contribution is 2.34. The van der Waals surface area contributed by atoms with E-state index in [9.17, 15) is 24.0 Å². The van der Waals surface area contributed by atoms with E-state index >= 15 is 0 Å². The third-order valence-electron chi connectivity index (χ3n) is 9.31. The first-order valence-corrected chi connectivity index (χ1v) is 21.3. The average molecular weight is 876 g/mol. The summed E-state index contributed by atoms with van der Waals surface area (Å²) in [6.07, 6.45) is -1.81. The van der Waals surface area contributed by atoms with Gasteiger partial charge in [0.05, 0.1) is 35.2 Å². The number of amides is 5. The number of anilines is 3. The Labute approximate surface area is 369 Å². The van der Waals surface area contributed by atoms with E-state index in [4.69, 9.17) is 28.9 Å². The number of piperidine rings is 2. The molecule has 344 valence electrons. The second-order valence-corrected chi connectivity index (χ2v) is 20.0. The van der Waals surface area contributed by atoms with E-state index in [0.717, 1.165) is 0 Å². The van der Waals surface area contributed by atoms with Crippen LogP contribution >= 0.6 is 0 Å². The van der Waals surface area contributed by atoms with Gasteiger partial charge in [-0.25, -0.2) is 29.1 Å². The van der Waals surface area contributed by atoms with E-state index in [2.05, 4.69) is 26.6 Å². The predicted molar refractivity (Wildman–Crippen MR) is 240 cm³/mol. The average Bonchev–Trinajstić information content (AvgIpc) is 3.11. The highest BCUT2D eigenvalue weighted by Gasteiger charge is 2.38. The van der Waals surface area contributed by atoms with Crippen molar-refractivity contribution in [3.05, 3.63) is 54.1 Å². The number of aromatic nitrogens is 2. The van der Waals surface area contributed by atoms with E-state index in [1.54, 1.807) is 126 Å². The van der Waals surface area contributed by atoms with Crippen LogP contribution in [-0.4, -0.2) is 113 Å². The van der Waals surface area contributed by atoms with E-state index < -0.39 is 70.9 Å².